The number of nitrogens with zero attached hydrogens (tertiary/aromatic N) is 6. The number of rotatable bonds is 7. The van der Waals surface area contributed by atoms with Gasteiger partial charge in [0.1, 0.15) is 0 Å². The summed E-state index contributed by atoms with van der Waals surface area (Å²) < 4.78 is 25.9. The Hall–Kier alpha value is -1.49. The van der Waals surface area contributed by atoms with Gasteiger partial charge in [0.05, 0.1) is 12.4 Å². The van der Waals surface area contributed by atoms with Crippen molar-refractivity contribution in [1.82, 2.24) is 19.4 Å². The molecule has 2 aliphatic heterocycles. The first-order valence-electron chi connectivity index (χ1n) is 9.68. The van der Waals surface area contributed by atoms with Crippen molar-refractivity contribution in [2.75, 3.05) is 81.1 Å². The molecule has 1 aromatic heterocycles. The van der Waals surface area contributed by atoms with Crippen LogP contribution in [-0.2, 0) is 10.0 Å². The van der Waals surface area contributed by atoms with Gasteiger partial charge in [-0.2, -0.15) is 4.31 Å². The van der Waals surface area contributed by atoms with Crippen molar-refractivity contribution in [2.24, 2.45) is 0 Å². The van der Waals surface area contributed by atoms with E-state index in [-0.39, 0.29) is 12.4 Å². The quantitative estimate of drug-likeness (QED) is 0.654. The van der Waals surface area contributed by atoms with E-state index in [1.807, 2.05) is 19.1 Å². The number of sulfonamides is 1. The summed E-state index contributed by atoms with van der Waals surface area (Å²) in [5.41, 5.74) is 0. The van der Waals surface area contributed by atoms with Gasteiger partial charge in [-0.05, 0) is 18.6 Å². The van der Waals surface area contributed by atoms with Crippen molar-refractivity contribution in [3.63, 3.8) is 0 Å². The number of piperazine rings is 2. The number of anilines is 2. The lowest BCUT2D eigenvalue weighted by atomic mass is 10.3. The lowest BCUT2D eigenvalue weighted by molar-refractivity contribution is 0.188. The highest BCUT2D eigenvalue weighted by atomic mass is 32.2. The van der Waals surface area contributed by atoms with Crippen LogP contribution < -0.4 is 9.80 Å². The van der Waals surface area contributed by atoms with Gasteiger partial charge in [-0.15, -0.1) is 10.2 Å². The summed E-state index contributed by atoms with van der Waals surface area (Å²) in [6.07, 6.45) is 0.643. The van der Waals surface area contributed by atoms with Gasteiger partial charge >= 0.3 is 0 Å². The molecule has 2 aliphatic rings. The standard InChI is InChI=1S/C17H30N6O3S/c1-2-15-27(25,26)23-11-9-22(10-12-23)17-4-3-16(18-19-17)21-7-5-20(6-8-21)13-14-24/h3-4,24H,2,5-15H2,1H3. The smallest absolute Gasteiger partial charge is 0.214 e. The Morgan fingerprint density at radius 3 is 1.89 bits per heavy atom. The van der Waals surface area contributed by atoms with Crippen LogP contribution in [-0.4, -0.2) is 104 Å². The van der Waals surface area contributed by atoms with Crippen molar-refractivity contribution < 1.29 is 13.5 Å². The van der Waals surface area contributed by atoms with Gasteiger partial charge in [-0.25, -0.2) is 8.42 Å². The third-order valence-electron chi connectivity index (χ3n) is 5.17. The van der Waals surface area contributed by atoms with Gasteiger partial charge in [-0.1, -0.05) is 6.92 Å². The molecule has 0 aromatic carbocycles. The molecule has 1 N–H and O–H groups in total. The van der Waals surface area contributed by atoms with E-state index in [2.05, 4.69) is 24.9 Å². The molecule has 2 saturated heterocycles. The first-order chi connectivity index (χ1) is 13.0. The zero-order valence-electron chi connectivity index (χ0n) is 16.0. The fourth-order valence-corrected chi connectivity index (χ4v) is 5.07. The van der Waals surface area contributed by atoms with E-state index in [0.29, 0.717) is 32.6 Å². The van der Waals surface area contributed by atoms with Crippen LogP contribution in [0.3, 0.4) is 0 Å². The number of β-amino-alcohol motifs (C(OH)–C–C–N with tert-alkyl or cyclic N) is 1. The molecule has 0 saturated carbocycles. The fourth-order valence-electron chi connectivity index (χ4n) is 3.58. The van der Waals surface area contributed by atoms with Gasteiger partial charge in [0.15, 0.2) is 11.6 Å². The van der Waals surface area contributed by atoms with Crippen molar-refractivity contribution in [3.05, 3.63) is 12.1 Å². The molecule has 0 aliphatic carbocycles. The zero-order valence-corrected chi connectivity index (χ0v) is 16.8. The molecule has 2 fully saturated rings. The number of aliphatic hydroxyl groups excluding tert-OH is 1. The van der Waals surface area contributed by atoms with Gasteiger partial charge in [0, 0.05) is 58.9 Å². The third kappa shape index (κ3) is 5.07. The molecule has 27 heavy (non-hydrogen) atoms. The molecule has 1 aromatic rings. The van der Waals surface area contributed by atoms with Crippen molar-refractivity contribution in [1.29, 1.82) is 0 Å². The van der Waals surface area contributed by atoms with Crippen LogP contribution in [0, 0.1) is 0 Å². The van der Waals surface area contributed by atoms with Gasteiger partial charge in [0.25, 0.3) is 0 Å². The van der Waals surface area contributed by atoms with E-state index in [1.54, 1.807) is 4.31 Å². The second-order valence-electron chi connectivity index (χ2n) is 7.00. The van der Waals surface area contributed by atoms with E-state index in [1.165, 1.54) is 0 Å². The molecule has 0 atom stereocenters. The summed E-state index contributed by atoms with van der Waals surface area (Å²) in [4.78, 5) is 6.54. The second kappa shape index (κ2) is 9.13. The Morgan fingerprint density at radius 2 is 1.44 bits per heavy atom. The summed E-state index contributed by atoms with van der Waals surface area (Å²) in [5.74, 6) is 1.88. The van der Waals surface area contributed by atoms with Crippen LogP contribution in [0.5, 0.6) is 0 Å². The third-order valence-corrected chi connectivity index (χ3v) is 7.24. The second-order valence-corrected chi connectivity index (χ2v) is 9.09. The van der Waals surface area contributed by atoms with E-state index < -0.39 is 10.0 Å². The molecule has 0 spiro atoms. The maximum absolute atomic E-state index is 12.2. The topological polar surface area (TPSA) is 93.1 Å². The van der Waals surface area contributed by atoms with Crippen LogP contribution in [0.2, 0.25) is 0 Å². The minimum Gasteiger partial charge on any atom is -0.395 e. The predicted octanol–water partition coefficient (Wildman–Crippen LogP) is -0.547. The summed E-state index contributed by atoms with van der Waals surface area (Å²) in [6.45, 7) is 8.66. The molecule has 3 rings (SSSR count). The molecule has 152 valence electrons. The van der Waals surface area contributed by atoms with E-state index in [9.17, 15) is 8.42 Å². The minimum absolute atomic E-state index is 0.196. The van der Waals surface area contributed by atoms with Gasteiger partial charge in [-0.3, -0.25) is 4.90 Å². The average molecular weight is 399 g/mol. The Balaban J connectivity index is 1.53. The van der Waals surface area contributed by atoms with Crippen molar-refractivity contribution >= 4 is 21.7 Å². The highest BCUT2D eigenvalue weighted by Crippen LogP contribution is 2.19. The summed E-state index contributed by atoms with van der Waals surface area (Å²) in [6, 6.07) is 3.96. The molecule has 0 bridgehead atoms. The highest BCUT2D eigenvalue weighted by Gasteiger charge is 2.27. The lowest BCUT2D eigenvalue weighted by Gasteiger charge is -2.36. The maximum Gasteiger partial charge on any atom is 0.214 e. The van der Waals surface area contributed by atoms with Gasteiger partial charge in [0.2, 0.25) is 10.0 Å². The number of aliphatic hydroxyl groups is 1. The van der Waals surface area contributed by atoms with E-state index in [4.69, 9.17) is 5.11 Å². The van der Waals surface area contributed by atoms with E-state index in [0.717, 1.165) is 44.4 Å². The molecular formula is C17H30N6O3S. The highest BCUT2D eigenvalue weighted by molar-refractivity contribution is 7.89. The molecule has 0 amide bonds. The minimum atomic E-state index is -3.12. The summed E-state index contributed by atoms with van der Waals surface area (Å²) in [5, 5.41) is 17.8. The van der Waals surface area contributed by atoms with Crippen LogP contribution in [0.1, 0.15) is 13.3 Å². The van der Waals surface area contributed by atoms with Crippen molar-refractivity contribution in [2.45, 2.75) is 13.3 Å². The average Bonchev–Trinajstić information content (AvgIpc) is 2.69. The largest absolute Gasteiger partial charge is 0.395 e. The number of hydrogen-bond acceptors (Lipinski definition) is 8. The Morgan fingerprint density at radius 1 is 0.926 bits per heavy atom. The summed E-state index contributed by atoms with van der Waals surface area (Å²) in [7, 11) is -3.12. The van der Waals surface area contributed by atoms with Crippen LogP contribution in [0.4, 0.5) is 11.6 Å². The number of aromatic nitrogens is 2. The molecular weight excluding hydrogens is 368 g/mol. The normalized spacial score (nSPS) is 20.2. The van der Waals surface area contributed by atoms with Crippen LogP contribution >= 0.6 is 0 Å². The number of hydrogen-bond donors (Lipinski definition) is 1. The first kappa shape index (κ1) is 20.2. The first-order valence-corrected chi connectivity index (χ1v) is 11.3. The van der Waals surface area contributed by atoms with Crippen LogP contribution in [0.25, 0.3) is 0 Å². The summed E-state index contributed by atoms with van der Waals surface area (Å²) >= 11 is 0. The Kier molecular flexibility index (Phi) is 6.85. The van der Waals surface area contributed by atoms with Crippen molar-refractivity contribution in [3.8, 4) is 0 Å². The molecule has 3 heterocycles. The Bertz CT molecular complexity index is 683. The van der Waals surface area contributed by atoms with Gasteiger partial charge < -0.3 is 14.9 Å². The molecule has 0 unspecified atom stereocenters. The van der Waals surface area contributed by atoms with Crippen LogP contribution in [0.15, 0.2) is 12.1 Å². The molecule has 9 nitrogen and oxygen atoms in total. The fraction of sp³-hybridized carbons (Fsp3) is 0.765. The predicted molar refractivity (Wildman–Crippen MR) is 106 cm³/mol. The molecule has 10 heteroatoms. The SMILES string of the molecule is CCCS(=O)(=O)N1CCN(c2ccc(N3CCN(CCO)CC3)nn2)CC1. The van der Waals surface area contributed by atoms with E-state index >= 15 is 0 Å². The lowest BCUT2D eigenvalue weighted by Crippen LogP contribution is -2.49. The monoisotopic (exact) mass is 398 g/mol. The molecule has 0 radical (unpaired) electrons. The maximum atomic E-state index is 12.2. The zero-order chi connectivity index (χ0) is 19.3. The Labute approximate surface area is 161 Å².